The molecule has 0 saturated carbocycles. The maximum Gasteiger partial charge on any atom is 0.152 e. The molecule has 2 aromatic carbocycles. The molecular formula is C14H12ClNO2. The minimum atomic E-state index is 0.536. The zero-order chi connectivity index (χ0) is 13.0. The first-order chi connectivity index (χ1) is 8.74. The van der Waals surface area contributed by atoms with Gasteiger partial charge in [-0.25, -0.2) is 0 Å². The Morgan fingerprint density at radius 2 is 2.00 bits per heavy atom. The molecule has 0 aliphatic carbocycles. The van der Waals surface area contributed by atoms with E-state index >= 15 is 0 Å². The molecule has 18 heavy (non-hydrogen) atoms. The largest absolute Gasteiger partial charge is 0.495 e. The van der Waals surface area contributed by atoms with Gasteiger partial charge in [0.1, 0.15) is 5.75 Å². The van der Waals surface area contributed by atoms with Crippen LogP contribution in [0.1, 0.15) is 10.4 Å². The van der Waals surface area contributed by atoms with Crippen LogP contribution < -0.4 is 10.1 Å². The van der Waals surface area contributed by atoms with Gasteiger partial charge in [0.15, 0.2) is 6.29 Å². The topological polar surface area (TPSA) is 38.3 Å². The molecule has 0 amide bonds. The van der Waals surface area contributed by atoms with Crippen LogP contribution >= 0.6 is 11.6 Å². The summed E-state index contributed by atoms with van der Waals surface area (Å²) in [5, 5.41) is 3.77. The summed E-state index contributed by atoms with van der Waals surface area (Å²) in [4.78, 5) is 11.0. The Morgan fingerprint density at radius 1 is 1.22 bits per heavy atom. The number of halogens is 1. The lowest BCUT2D eigenvalue weighted by Gasteiger charge is -2.13. The Hall–Kier alpha value is -2.00. The number of carbonyl (C=O) groups excluding carboxylic acids is 1. The SMILES string of the molecule is COc1cccc(C=O)c1Nc1cccc(Cl)c1. The van der Waals surface area contributed by atoms with E-state index in [-0.39, 0.29) is 0 Å². The highest BCUT2D eigenvalue weighted by molar-refractivity contribution is 6.30. The minimum absolute atomic E-state index is 0.536. The summed E-state index contributed by atoms with van der Waals surface area (Å²) >= 11 is 5.92. The molecule has 2 aromatic rings. The van der Waals surface area contributed by atoms with Crippen molar-refractivity contribution in [2.45, 2.75) is 0 Å². The highest BCUT2D eigenvalue weighted by Gasteiger charge is 2.08. The van der Waals surface area contributed by atoms with E-state index in [1.165, 1.54) is 0 Å². The lowest BCUT2D eigenvalue weighted by molar-refractivity contribution is 0.112. The number of para-hydroxylation sites is 1. The summed E-state index contributed by atoms with van der Waals surface area (Å²) in [6.07, 6.45) is 0.787. The third kappa shape index (κ3) is 2.63. The maximum atomic E-state index is 11.0. The number of methoxy groups -OCH3 is 1. The molecule has 1 N–H and O–H groups in total. The van der Waals surface area contributed by atoms with E-state index in [0.717, 1.165) is 12.0 Å². The predicted octanol–water partition coefficient (Wildman–Crippen LogP) is 3.90. The number of hydrogen-bond donors (Lipinski definition) is 1. The zero-order valence-electron chi connectivity index (χ0n) is 9.81. The van der Waals surface area contributed by atoms with Crippen LogP contribution in [0.25, 0.3) is 0 Å². The fraction of sp³-hybridized carbons (Fsp3) is 0.0714. The number of anilines is 2. The third-order valence-electron chi connectivity index (χ3n) is 2.50. The second kappa shape index (κ2) is 5.56. The van der Waals surface area contributed by atoms with Gasteiger partial charge in [-0.05, 0) is 30.3 Å². The molecule has 0 bridgehead atoms. The lowest BCUT2D eigenvalue weighted by Crippen LogP contribution is -1.98. The molecule has 0 unspecified atom stereocenters. The number of ether oxygens (including phenoxy) is 1. The number of benzene rings is 2. The average molecular weight is 262 g/mol. The number of hydrogen-bond acceptors (Lipinski definition) is 3. The van der Waals surface area contributed by atoms with Crippen LogP contribution in [0.2, 0.25) is 5.02 Å². The standard InChI is InChI=1S/C14H12ClNO2/c1-18-13-7-2-4-10(9-17)14(13)16-12-6-3-5-11(15)8-12/h2-9,16H,1H3. The van der Waals surface area contributed by atoms with Gasteiger partial charge in [0, 0.05) is 16.3 Å². The number of carbonyl (C=O) groups is 1. The molecule has 92 valence electrons. The van der Waals surface area contributed by atoms with E-state index in [9.17, 15) is 4.79 Å². The summed E-state index contributed by atoms with van der Waals surface area (Å²) < 4.78 is 5.24. The molecule has 0 heterocycles. The fourth-order valence-electron chi connectivity index (χ4n) is 1.66. The smallest absolute Gasteiger partial charge is 0.152 e. The summed E-state index contributed by atoms with van der Waals surface area (Å²) in [5.41, 5.74) is 1.97. The normalized spacial score (nSPS) is 9.89. The second-order valence-corrected chi connectivity index (χ2v) is 4.11. The van der Waals surface area contributed by atoms with Gasteiger partial charge in [-0.15, -0.1) is 0 Å². The van der Waals surface area contributed by atoms with Crippen molar-refractivity contribution in [3.05, 3.63) is 53.1 Å². The molecule has 0 aromatic heterocycles. The van der Waals surface area contributed by atoms with Gasteiger partial charge < -0.3 is 10.1 Å². The van der Waals surface area contributed by atoms with E-state index in [1.54, 1.807) is 37.4 Å². The third-order valence-corrected chi connectivity index (χ3v) is 2.73. The van der Waals surface area contributed by atoms with Crippen molar-refractivity contribution in [3.63, 3.8) is 0 Å². The van der Waals surface area contributed by atoms with Gasteiger partial charge in [0.05, 0.1) is 12.8 Å². The van der Waals surface area contributed by atoms with Crippen molar-refractivity contribution in [2.24, 2.45) is 0 Å². The van der Waals surface area contributed by atoms with Crippen LogP contribution in [-0.4, -0.2) is 13.4 Å². The summed E-state index contributed by atoms with van der Waals surface area (Å²) in [6, 6.07) is 12.6. The molecule has 4 heteroatoms. The van der Waals surface area contributed by atoms with Crippen molar-refractivity contribution >= 4 is 29.3 Å². The Balaban J connectivity index is 2.41. The Morgan fingerprint density at radius 3 is 2.67 bits per heavy atom. The molecule has 0 atom stereocenters. The first-order valence-corrected chi connectivity index (χ1v) is 5.77. The van der Waals surface area contributed by atoms with Crippen LogP contribution in [0.5, 0.6) is 5.75 Å². The minimum Gasteiger partial charge on any atom is -0.495 e. The Labute approximate surface area is 110 Å². The second-order valence-electron chi connectivity index (χ2n) is 3.68. The Bertz CT molecular complexity index is 569. The van der Waals surface area contributed by atoms with Gasteiger partial charge in [0.2, 0.25) is 0 Å². The summed E-state index contributed by atoms with van der Waals surface area (Å²) in [7, 11) is 1.56. The predicted molar refractivity (Wildman–Crippen MR) is 73.1 cm³/mol. The van der Waals surface area contributed by atoms with Crippen LogP contribution in [0, 0.1) is 0 Å². The molecule has 3 nitrogen and oxygen atoms in total. The van der Waals surface area contributed by atoms with E-state index in [2.05, 4.69) is 5.32 Å². The van der Waals surface area contributed by atoms with Crippen molar-refractivity contribution in [1.82, 2.24) is 0 Å². The molecule has 0 aliphatic rings. The Kier molecular flexibility index (Phi) is 3.85. The molecule has 0 radical (unpaired) electrons. The van der Waals surface area contributed by atoms with Crippen molar-refractivity contribution < 1.29 is 9.53 Å². The highest BCUT2D eigenvalue weighted by atomic mass is 35.5. The van der Waals surface area contributed by atoms with Crippen LogP contribution in [0.15, 0.2) is 42.5 Å². The summed E-state index contributed by atoms with van der Waals surface area (Å²) in [5.74, 6) is 0.611. The van der Waals surface area contributed by atoms with Crippen LogP contribution in [0.3, 0.4) is 0 Å². The number of aldehydes is 1. The average Bonchev–Trinajstić information content (AvgIpc) is 2.39. The lowest BCUT2D eigenvalue weighted by atomic mass is 10.1. The number of nitrogens with one attached hydrogen (secondary N) is 1. The first-order valence-electron chi connectivity index (χ1n) is 5.39. The van der Waals surface area contributed by atoms with Crippen molar-refractivity contribution in [2.75, 3.05) is 12.4 Å². The quantitative estimate of drug-likeness (QED) is 0.848. The van der Waals surface area contributed by atoms with Gasteiger partial charge >= 0.3 is 0 Å². The number of rotatable bonds is 4. The van der Waals surface area contributed by atoms with Gasteiger partial charge in [-0.3, -0.25) is 4.79 Å². The molecule has 0 saturated heterocycles. The van der Waals surface area contributed by atoms with Crippen molar-refractivity contribution in [3.8, 4) is 5.75 Å². The zero-order valence-corrected chi connectivity index (χ0v) is 10.6. The molecule has 0 aliphatic heterocycles. The van der Waals surface area contributed by atoms with Crippen molar-refractivity contribution in [1.29, 1.82) is 0 Å². The maximum absolute atomic E-state index is 11.0. The van der Waals surface area contributed by atoms with Gasteiger partial charge in [0.25, 0.3) is 0 Å². The van der Waals surface area contributed by atoms with E-state index in [0.29, 0.717) is 22.0 Å². The van der Waals surface area contributed by atoms with E-state index in [1.807, 2.05) is 12.1 Å². The fourth-order valence-corrected chi connectivity index (χ4v) is 1.85. The van der Waals surface area contributed by atoms with Gasteiger partial charge in [-0.2, -0.15) is 0 Å². The van der Waals surface area contributed by atoms with Crippen LogP contribution in [0.4, 0.5) is 11.4 Å². The molecular weight excluding hydrogens is 250 g/mol. The monoisotopic (exact) mass is 261 g/mol. The molecule has 0 spiro atoms. The van der Waals surface area contributed by atoms with Crippen LogP contribution in [-0.2, 0) is 0 Å². The summed E-state index contributed by atoms with van der Waals surface area (Å²) in [6.45, 7) is 0. The molecule has 2 rings (SSSR count). The van der Waals surface area contributed by atoms with Gasteiger partial charge in [-0.1, -0.05) is 23.7 Å². The van der Waals surface area contributed by atoms with E-state index < -0.39 is 0 Å². The first kappa shape index (κ1) is 12.5. The molecule has 0 fully saturated rings. The van der Waals surface area contributed by atoms with E-state index in [4.69, 9.17) is 16.3 Å². The highest BCUT2D eigenvalue weighted by Crippen LogP contribution is 2.31.